The summed E-state index contributed by atoms with van der Waals surface area (Å²) in [5, 5.41) is 2.12. The number of thiophene rings is 2. The van der Waals surface area contributed by atoms with Crippen LogP contribution >= 0.6 is 22.7 Å². The second-order valence-corrected chi connectivity index (χ2v) is 6.26. The number of methoxy groups -OCH3 is 1. The maximum Gasteiger partial charge on any atom is 0.148 e. The smallest absolute Gasteiger partial charge is 0.148 e. The molecule has 0 unspecified atom stereocenters. The van der Waals surface area contributed by atoms with Gasteiger partial charge in [-0.25, -0.2) is 4.98 Å². The first-order valence-electron chi connectivity index (χ1n) is 5.85. The molecule has 0 saturated heterocycles. The standard InChI is InChI=1S/C14H10N2OS2/c1-17-8-2-3-9-10(6-8)16-14(15-9)13-7-12-11(19-13)4-5-18-12/h2-7H,1H3,(H,15,16). The Labute approximate surface area is 117 Å². The van der Waals surface area contributed by atoms with Gasteiger partial charge in [-0.3, -0.25) is 0 Å². The van der Waals surface area contributed by atoms with Crippen LogP contribution in [0, 0.1) is 0 Å². The Morgan fingerprint density at radius 3 is 2.95 bits per heavy atom. The molecule has 0 aliphatic rings. The van der Waals surface area contributed by atoms with Gasteiger partial charge in [-0.05, 0) is 29.6 Å². The van der Waals surface area contributed by atoms with Crippen LogP contribution in [-0.4, -0.2) is 17.1 Å². The van der Waals surface area contributed by atoms with E-state index in [1.54, 1.807) is 29.8 Å². The van der Waals surface area contributed by atoms with Gasteiger partial charge in [0.2, 0.25) is 0 Å². The maximum absolute atomic E-state index is 5.23. The van der Waals surface area contributed by atoms with Crippen molar-refractivity contribution in [1.82, 2.24) is 9.97 Å². The number of aromatic nitrogens is 2. The van der Waals surface area contributed by atoms with Crippen molar-refractivity contribution in [2.75, 3.05) is 7.11 Å². The Balaban J connectivity index is 1.88. The summed E-state index contributed by atoms with van der Waals surface area (Å²) >= 11 is 3.53. The van der Waals surface area contributed by atoms with E-state index < -0.39 is 0 Å². The van der Waals surface area contributed by atoms with Gasteiger partial charge in [0.25, 0.3) is 0 Å². The lowest BCUT2D eigenvalue weighted by atomic mass is 10.3. The predicted octanol–water partition coefficient (Wildman–Crippen LogP) is 4.51. The van der Waals surface area contributed by atoms with Gasteiger partial charge in [0.1, 0.15) is 11.6 Å². The Morgan fingerprint density at radius 1 is 1.16 bits per heavy atom. The average Bonchev–Trinajstić information content (AvgIpc) is 3.10. The van der Waals surface area contributed by atoms with Crippen molar-refractivity contribution in [2.45, 2.75) is 0 Å². The van der Waals surface area contributed by atoms with Gasteiger partial charge < -0.3 is 9.72 Å². The number of hydrogen-bond acceptors (Lipinski definition) is 4. The molecule has 19 heavy (non-hydrogen) atoms. The number of nitrogens with zero attached hydrogens (tertiary/aromatic N) is 1. The molecule has 3 aromatic heterocycles. The zero-order valence-corrected chi connectivity index (χ0v) is 11.8. The van der Waals surface area contributed by atoms with Crippen LogP contribution in [0.3, 0.4) is 0 Å². The molecular formula is C14H10N2OS2. The fraction of sp³-hybridized carbons (Fsp3) is 0.0714. The summed E-state index contributed by atoms with van der Waals surface area (Å²) in [6.07, 6.45) is 0. The van der Waals surface area contributed by atoms with E-state index in [4.69, 9.17) is 4.74 Å². The Hall–Kier alpha value is -1.85. The van der Waals surface area contributed by atoms with Crippen LogP contribution in [0.15, 0.2) is 35.7 Å². The summed E-state index contributed by atoms with van der Waals surface area (Å²) in [7, 11) is 1.67. The molecule has 1 N–H and O–H groups in total. The fourth-order valence-electron chi connectivity index (χ4n) is 2.11. The van der Waals surface area contributed by atoms with E-state index in [9.17, 15) is 0 Å². The average molecular weight is 286 g/mol. The Kier molecular flexibility index (Phi) is 2.36. The number of benzene rings is 1. The molecule has 0 atom stereocenters. The molecule has 0 radical (unpaired) electrons. The van der Waals surface area contributed by atoms with E-state index in [1.165, 1.54) is 14.3 Å². The van der Waals surface area contributed by atoms with Crippen LogP contribution in [0.1, 0.15) is 0 Å². The van der Waals surface area contributed by atoms with Gasteiger partial charge in [-0.1, -0.05) is 0 Å². The predicted molar refractivity (Wildman–Crippen MR) is 81.3 cm³/mol. The molecule has 5 heteroatoms. The van der Waals surface area contributed by atoms with Gasteiger partial charge in [0.15, 0.2) is 0 Å². The first-order valence-corrected chi connectivity index (χ1v) is 7.54. The number of H-pyrrole nitrogens is 1. The van der Waals surface area contributed by atoms with Crippen LogP contribution < -0.4 is 4.74 Å². The molecule has 94 valence electrons. The summed E-state index contributed by atoms with van der Waals surface area (Å²) in [6, 6.07) is 10.2. The van der Waals surface area contributed by atoms with Gasteiger partial charge >= 0.3 is 0 Å². The van der Waals surface area contributed by atoms with Gasteiger partial charge in [-0.2, -0.15) is 0 Å². The fourth-order valence-corrected chi connectivity index (χ4v) is 4.17. The maximum atomic E-state index is 5.23. The highest BCUT2D eigenvalue weighted by atomic mass is 32.1. The van der Waals surface area contributed by atoms with Crippen molar-refractivity contribution in [3.05, 3.63) is 35.7 Å². The molecule has 3 nitrogen and oxygen atoms in total. The van der Waals surface area contributed by atoms with Gasteiger partial charge in [0.05, 0.1) is 23.0 Å². The lowest BCUT2D eigenvalue weighted by Gasteiger charge is -1.96. The van der Waals surface area contributed by atoms with Crippen LogP contribution in [0.5, 0.6) is 5.75 Å². The summed E-state index contributed by atoms with van der Waals surface area (Å²) in [6.45, 7) is 0. The second kappa shape index (κ2) is 4.08. The molecular weight excluding hydrogens is 276 g/mol. The molecule has 0 bridgehead atoms. The third-order valence-corrected chi connectivity index (χ3v) is 5.16. The summed E-state index contributed by atoms with van der Waals surface area (Å²) in [5.74, 6) is 1.77. The SMILES string of the molecule is COc1ccc2nc(-c3cc4sccc4s3)[nH]c2c1. The molecule has 0 amide bonds. The highest BCUT2D eigenvalue weighted by molar-refractivity contribution is 7.28. The Bertz CT molecular complexity index is 843. The van der Waals surface area contributed by atoms with E-state index in [1.807, 2.05) is 18.2 Å². The van der Waals surface area contributed by atoms with E-state index in [0.717, 1.165) is 22.6 Å². The first kappa shape index (κ1) is 11.0. The van der Waals surface area contributed by atoms with Crippen LogP contribution in [0.2, 0.25) is 0 Å². The number of aromatic amines is 1. The minimum atomic E-state index is 0.842. The highest BCUT2D eigenvalue weighted by Crippen LogP contribution is 2.36. The summed E-state index contributed by atoms with van der Waals surface area (Å²) in [5.41, 5.74) is 1.97. The quantitative estimate of drug-likeness (QED) is 0.588. The largest absolute Gasteiger partial charge is 0.497 e. The van der Waals surface area contributed by atoms with Crippen LogP contribution in [0.4, 0.5) is 0 Å². The number of rotatable bonds is 2. The van der Waals surface area contributed by atoms with Crippen LogP contribution in [0.25, 0.3) is 31.1 Å². The van der Waals surface area contributed by atoms with Gasteiger partial charge in [0, 0.05) is 15.5 Å². The lowest BCUT2D eigenvalue weighted by Crippen LogP contribution is -1.81. The zero-order valence-electron chi connectivity index (χ0n) is 10.1. The lowest BCUT2D eigenvalue weighted by molar-refractivity contribution is 0.415. The van der Waals surface area contributed by atoms with Crippen molar-refractivity contribution in [3.8, 4) is 16.5 Å². The summed E-state index contributed by atoms with van der Waals surface area (Å²) < 4.78 is 7.86. The van der Waals surface area contributed by atoms with Gasteiger partial charge in [-0.15, -0.1) is 22.7 Å². The third-order valence-electron chi connectivity index (χ3n) is 3.06. The van der Waals surface area contributed by atoms with E-state index >= 15 is 0 Å². The monoisotopic (exact) mass is 286 g/mol. The number of ether oxygens (including phenoxy) is 1. The van der Waals surface area contributed by atoms with E-state index in [0.29, 0.717) is 0 Å². The minimum Gasteiger partial charge on any atom is -0.497 e. The third kappa shape index (κ3) is 1.74. The molecule has 1 aromatic carbocycles. The zero-order chi connectivity index (χ0) is 12.8. The highest BCUT2D eigenvalue weighted by Gasteiger charge is 2.10. The number of nitrogens with one attached hydrogen (secondary N) is 1. The van der Waals surface area contributed by atoms with E-state index in [-0.39, 0.29) is 0 Å². The van der Waals surface area contributed by atoms with Crippen molar-refractivity contribution < 1.29 is 4.74 Å². The molecule has 3 heterocycles. The normalized spacial score (nSPS) is 11.4. The minimum absolute atomic E-state index is 0.842. The van der Waals surface area contributed by atoms with E-state index in [2.05, 4.69) is 27.5 Å². The number of imidazole rings is 1. The number of fused-ring (bicyclic) bond motifs is 2. The molecule has 0 fully saturated rings. The second-order valence-electron chi connectivity index (χ2n) is 4.23. The number of hydrogen-bond donors (Lipinski definition) is 1. The molecule has 0 saturated carbocycles. The first-order chi connectivity index (χ1) is 9.33. The molecule has 4 rings (SSSR count). The molecule has 0 aliphatic carbocycles. The van der Waals surface area contributed by atoms with Crippen molar-refractivity contribution >= 4 is 43.1 Å². The van der Waals surface area contributed by atoms with Crippen LogP contribution in [-0.2, 0) is 0 Å². The van der Waals surface area contributed by atoms with Crippen molar-refractivity contribution in [1.29, 1.82) is 0 Å². The Morgan fingerprint density at radius 2 is 2.11 bits per heavy atom. The summed E-state index contributed by atoms with van der Waals surface area (Å²) in [4.78, 5) is 9.18. The molecule has 4 aromatic rings. The topological polar surface area (TPSA) is 37.9 Å². The van der Waals surface area contributed by atoms with Crippen molar-refractivity contribution in [2.24, 2.45) is 0 Å². The molecule has 0 spiro atoms. The molecule has 0 aliphatic heterocycles. The van der Waals surface area contributed by atoms with Crippen molar-refractivity contribution in [3.63, 3.8) is 0 Å².